The van der Waals surface area contributed by atoms with E-state index in [2.05, 4.69) is 22.1 Å². The van der Waals surface area contributed by atoms with Crippen LogP contribution in [-0.2, 0) is 11.2 Å². The van der Waals surface area contributed by atoms with Gasteiger partial charge < -0.3 is 15.2 Å². The van der Waals surface area contributed by atoms with Crippen LogP contribution in [0.2, 0.25) is 0 Å². The Labute approximate surface area is 113 Å². The van der Waals surface area contributed by atoms with Crippen LogP contribution in [0.4, 0.5) is 0 Å². The first-order valence-electron chi connectivity index (χ1n) is 6.56. The molecule has 1 aromatic carbocycles. The van der Waals surface area contributed by atoms with Crippen molar-refractivity contribution in [3.05, 3.63) is 36.0 Å². The van der Waals surface area contributed by atoms with Crippen LogP contribution in [-0.4, -0.2) is 42.5 Å². The maximum absolute atomic E-state index is 11.9. The highest BCUT2D eigenvalue weighted by Gasteiger charge is 2.10. The zero-order chi connectivity index (χ0) is 13.8. The Bertz CT molecular complexity index is 559. The summed E-state index contributed by atoms with van der Waals surface area (Å²) in [6.45, 7) is 2.76. The molecule has 0 aliphatic rings. The summed E-state index contributed by atoms with van der Waals surface area (Å²) in [5, 5.41) is 4.10. The summed E-state index contributed by atoms with van der Waals surface area (Å²) >= 11 is 0. The molecular weight excluding hydrogens is 238 g/mol. The Kier molecular flexibility index (Phi) is 4.22. The Morgan fingerprint density at radius 1 is 1.37 bits per heavy atom. The van der Waals surface area contributed by atoms with Gasteiger partial charge in [0.05, 0.1) is 6.42 Å². The zero-order valence-electron chi connectivity index (χ0n) is 11.7. The third kappa shape index (κ3) is 3.35. The van der Waals surface area contributed by atoms with E-state index in [9.17, 15) is 4.79 Å². The van der Waals surface area contributed by atoms with Crippen LogP contribution < -0.4 is 5.32 Å². The normalized spacial score (nSPS) is 12.8. The van der Waals surface area contributed by atoms with E-state index in [4.69, 9.17) is 0 Å². The molecule has 1 unspecified atom stereocenters. The summed E-state index contributed by atoms with van der Waals surface area (Å²) in [5.74, 6) is 0.0680. The molecule has 19 heavy (non-hydrogen) atoms. The standard InChI is InChI=1S/C15H21N3O/c1-11(18(2)3)9-17-15(19)8-12-10-16-14-7-5-4-6-13(12)14/h4-7,10-11,16H,8-9H2,1-3H3,(H,17,19). The molecule has 0 aliphatic heterocycles. The van der Waals surface area contributed by atoms with Crippen molar-refractivity contribution < 1.29 is 4.79 Å². The lowest BCUT2D eigenvalue weighted by Crippen LogP contribution is -2.38. The number of amides is 1. The lowest BCUT2D eigenvalue weighted by atomic mass is 10.1. The minimum Gasteiger partial charge on any atom is -0.361 e. The molecule has 1 aromatic heterocycles. The van der Waals surface area contributed by atoms with Gasteiger partial charge in [0.2, 0.25) is 5.91 Å². The monoisotopic (exact) mass is 259 g/mol. The van der Waals surface area contributed by atoms with Crippen LogP contribution in [0.25, 0.3) is 10.9 Å². The number of hydrogen-bond donors (Lipinski definition) is 2. The van der Waals surface area contributed by atoms with Gasteiger partial charge in [-0.1, -0.05) is 18.2 Å². The van der Waals surface area contributed by atoms with E-state index in [1.54, 1.807) is 0 Å². The van der Waals surface area contributed by atoms with Crippen molar-refractivity contribution >= 4 is 16.8 Å². The summed E-state index contributed by atoms with van der Waals surface area (Å²) in [7, 11) is 4.02. The van der Waals surface area contributed by atoms with Crippen molar-refractivity contribution in [3.63, 3.8) is 0 Å². The Balaban J connectivity index is 1.96. The molecule has 0 fully saturated rings. The minimum absolute atomic E-state index is 0.0680. The predicted molar refractivity (Wildman–Crippen MR) is 78.2 cm³/mol. The number of nitrogens with one attached hydrogen (secondary N) is 2. The summed E-state index contributed by atoms with van der Waals surface area (Å²) in [4.78, 5) is 17.2. The maximum Gasteiger partial charge on any atom is 0.224 e. The number of aromatic amines is 1. The van der Waals surface area contributed by atoms with E-state index in [1.165, 1.54) is 0 Å². The highest BCUT2D eigenvalue weighted by atomic mass is 16.1. The summed E-state index contributed by atoms with van der Waals surface area (Å²) in [5.41, 5.74) is 2.12. The average Bonchev–Trinajstić information content (AvgIpc) is 2.79. The fourth-order valence-corrected chi connectivity index (χ4v) is 1.96. The van der Waals surface area contributed by atoms with Crippen LogP contribution in [0, 0.1) is 0 Å². The number of likely N-dealkylation sites (N-methyl/N-ethyl adjacent to an activating group) is 1. The molecule has 2 rings (SSSR count). The quantitative estimate of drug-likeness (QED) is 0.860. The Hall–Kier alpha value is -1.81. The number of carbonyl (C=O) groups is 1. The lowest BCUT2D eigenvalue weighted by Gasteiger charge is -2.19. The summed E-state index contributed by atoms with van der Waals surface area (Å²) in [6, 6.07) is 8.38. The minimum atomic E-state index is 0.0680. The second-order valence-corrected chi connectivity index (χ2v) is 5.15. The van der Waals surface area contributed by atoms with Crippen molar-refractivity contribution in [2.75, 3.05) is 20.6 Å². The number of rotatable bonds is 5. The van der Waals surface area contributed by atoms with Gasteiger partial charge in [-0.25, -0.2) is 0 Å². The first-order chi connectivity index (χ1) is 9.08. The van der Waals surface area contributed by atoms with E-state index in [0.717, 1.165) is 16.5 Å². The van der Waals surface area contributed by atoms with E-state index in [1.807, 2.05) is 44.6 Å². The van der Waals surface area contributed by atoms with Gasteiger partial charge >= 0.3 is 0 Å². The topological polar surface area (TPSA) is 48.1 Å². The number of carbonyl (C=O) groups excluding carboxylic acids is 1. The van der Waals surface area contributed by atoms with Crippen LogP contribution in [0.1, 0.15) is 12.5 Å². The van der Waals surface area contributed by atoms with Gasteiger partial charge in [0.1, 0.15) is 0 Å². The first-order valence-corrected chi connectivity index (χ1v) is 6.56. The largest absolute Gasteiger partial charge is 0.361 e. The first kappa shape index (κ1) is 13.6. The summed E-state index contributed by atoms with van der Waals surface area (Å²) < 4.78 is 0. The van der Waals surface area contributed by atoms with Gasteiger partial charge in [0.15, 0.2) is 0 Å². The molecule has 1 atom stereocenters. The number of aromatic nitrogens is 1. The van der Waals surface area contributed by atoms with Crippen LogP contribution in [0.15, 0.2) is 30.5 Å². The number of para-hydroxylation sites is 1. The molecule has 1 amide bonds. The smallest absolute Gasteiger partial charge is 0.224 e. The third-order valence-electron chi connectivity index (χ3n) is 3.50. The third-order valence-corrected chi connectivity index (χ3v) is 3.50. The lowest BCUT2D eigenvalue weighted by molar-refractivity contribution is -0.120. The van der Waals surface area contributed by atoms with Crippen molar-refractivity contribution in [1.82, 2.24) is 15.2 Å². The van der Waals surface area contributed by atoms with Gasteiger partial charge in [-0.15, -0.1) is 0 Å². The SMILES string of the molecule is CC(CNC(=O)Cc1c[nH]c2ccccc12)N(C)C. The molecule has 102 valence electrons. The van der Waals surface area contributed by atoms with Gasteiger partial charge in [-0.05, 0) is 32.6 Å². The Morgan fingerprint density at radius 2 is 2.11 bits per heavy atom. The van der Waals surface area contributed by atoms with Crippen LogP contribution in [0.3, 0.4) is 0 Å². The maximum atomic E-state index is 11.9. The molecule has 0 saturated heterocycles. The number of nitrogens with zero attached hydrogens (tertiary/aromatic N) is 1. The van der Waals surface area contributed by atoms with E-state index in [-0.39, 0.29) is 5.91 Å². The van der Waals surface area contributed by atoms with Crippen molar-refractivity contribution in [2.24, 2.45) is 0 Å². The second kappa shape index (κ2) is 5.89. The fraction of sp³-hybridized carbons (Fsp3) is 0.400. The van der Waals surface area contributed by atoms with Crippen LogP contribution >= 0.6 is 0 Å². The van der Waals surface area contributed by atoms with Gasteiger partial charge in [-0.3, -0.25) is 4.79 Å². The Morgan fingerprint density at radius 3 is 2.84 bits per heavy atom. The molecule has 2 N–H and O–H groups in total. The molecule has 1 heterocycles. The molecule has 4 heteroatoms. The molecule has 0 bridgehead atoms. The molecule has 0 saturated carbocycles. The molecule has 4 nitrogen and oxygen atoms in total. The molecule has 0 spiro atoms. The zero-order valence-corrected chi connectivity index (χ0v) is 11.7. The number of benzene rings is 1. The van der Waals surface area contributed by atoms with Crippen molar-refractivity contribution in [2.45, 2.75) is 19.4 Å². The molecular formula is C15H21N3O. The predicted octanol–water partition coefficient (Wildman–Crippen LogP) is 1.78. The van der Waals surface area contributed by atoms with E-state index >= 15 is 0 Å². The van der Waals surface area contributed by atoms with Gasteiger partial charge in [0, 0.05) is 29.7 Å². The fourth-order valence-electron chi connectivity index (χ4n) is 1.96. The molecule has 0 aliphatic carbocycles. The highest BCUT2D eigenvalue weighted by Crippen LogP contribution is 2.17. The average molecular weight is 259 g/mol. The number of fused-ring (bicyclic) bond motifs is 1. The number of H-pyrrole nitrogens is 1. The second-order valence-electron chi connectivity index (χ2n) is 5.15. The van der Waals surface area contributed by atoms with Gasteiger partial charge in [0.25, 0.3) is 0 Å². The number of hydrogen-bond acceptors (Lipinski definition) is 2. The highest BCUT2D eigenvalue weighted by molar-refractivity contribution is 5.88. The van der Waals surface area contributed by atoms with Gasteiger partial charge in [-0.2, -0.15) is 0 Å². The van der Waals surface area contributed by atoms with E-state index in [0.29, 0.717) is 19.0 Å². The van der Waals surface area contributed by atoms with Crippen LogP contribution in [0.5, 0.6) is 0 Å². The van der Waals surface area contributed by atoms with Crippen molar-refractivity contribution in [3.8, 4) is 0 Å². The molecule has 0 radical (unpaired) electrons. The van der Waals surface area contributed by atoms with Crippen molar-refractivity contribution in [1.29, 1.82) is 0 Å². The summed E-state index contributed by atoms with van der Waals surface area (Å²) in [6.07, 6.45) is 2.34. The van der Waals surface area contributed by atoms with E-state index < -0.39 is 0 Å². The molecule has 2 aromatic rings.